The number of hydrogen-bond acceptors (Lipinski definition) is 3. The lowest BCUT2D eigenvalue weighted by molar-refractivity contribution is 0.353. The number of anilines is 1. The molecule has 2 heterocycles. The second-order valence-corrected chi connectivity index (χ2v) is 5.04. The lowest BCUT2D eigenvalue weighted by Crippen LogP contribution is -1.97. The molecule has 0 aliphatic rings. The van der Waals surface area contributed by atoms with E-state index in [9.17, 15) is 0 Å². The van der Waals surface area contributed by atoms with Crippen LogP contribution in [0.15, 0.2) is 60.8 Å². The van der Waals surface area contributed by atoms with E-state index in [1.165, 1.54) is 0 Å². The Morgan fingerprint density at radius 3 is 2.67 bits per heavy atom. The molecule has 0 amide bonds. The minimum absolute atomic E-state index is 0.524. The highest BCUT2D eigenvalue weighted by Crippen LogP contribution is 2.27. The van der Waals surface area contributed by atoms with Gasteiger partial charge in [0, 0.05) is 11.8 Å². The Kier molecular flexibility index (Phi) is 3.36. The zero-order valence-electron chi connectivity index (χ0n) is 11.9. The van der Waals surface area contributed by atoms with Crippen LogP contribution in [0, 0.1) is 0 Å². The molecule has 2 aromatic heterocycles. The van der Waals surface area contributed by atoms with Gasteiger partial charge in [-0.25, -0.2) is 4.98 Å². The first-order chi connectivity index (χ1) is 10.1. The predicted molar refractivity (Wildman–Crippen MR) is 85.3 cm³/mol. The second-order valence-electron chi connectivity index (χ2n) is 5.04. The van der Waals surface area contributed by atoms with Gasteiger partial charge in [-0.15, -0.1) is 0 Å². The number of rotatable bonds is 4. The predicted octanol–water partition coefficient (Wildman–Crippen LogP) is 3.54. The lowest BCUT2D eigenvalue weighted by atomic mass is 10.1. The van der Waals surface area contributed by atoms with E-state index in [0.717, 1.165) is 28.2 Å². The molecule has 2 N–H and O–H groups in total. The molecule has 0 radical (unpaired) electrons. The second kappa shape index (κ2) is 5.32. The van der Waals surface area contributed by atoms with Crippen LogP contribution in [0.2, 0.25) is 0 Å². The Hall–Kier alpha value is -2.75. The molecule has 0 saturated carbocycles. The van der Waals surface area contributed by atoms with Crippen molar-refractivity contribution in [3.8, 4) is 17.0 Å². The summed E-state index contributed by atoms with van der Waals surface area (Å²) >= 11 is 0. The molecule has 4 nitrogen and oxygen atoms in total. The van der Waals surface area contributed by atoms with Gasteiger partial charge >= 0.3 is 0 Å². The third kappa shape index (κ3) is 2.60. The number of ether oxygens (including phenoxy) is 1. The molecule has 0 aliphatic heterocycles. The smallest absolute Gasteiger partial charge is 0.139 e. The van der Waals surface area contributed by atoms with Gasteiger partial charge in [-0.3, -0.25) is 4.40 Å². The van der Waals surface area contributed by atoms with Crippen LogP contribution < -0.4 is 10.5 Å². The number of pyridine rings is 1. The number of imidazole rings is 1. The molecule has 0 fully saturated rings. The van der Waals surface area contributed by atoms with Gasteiger partial charge < -0.3 is 10.5 Å². The third-order valence-corrected chi connectivity index (χ3v) is 3.18. The van der Waals surface area contributed by atoms with Crippen molar-refractivity contribution in [1.82, 2.24) is 9.38 Å². The van der Waals surface area contributed by atoms with Crippen molar-refractivity contribution in [3.63, 3.8) is 0 Å². The minimum Gasteiger partial charge on any atom is -0.489 e. The molecule has 3 aromatic rings. The third-order valence-electron chi connectivity index (χ3n) is 3.18. The van der Waals surface area contributed by atoms with Gasteiger partial charge in [0.15, 0.2) is 0 Å². The van der Waals surface area contributed by atoms with E-state index in [1.807, 2.05) is 60.0 Å². The van der Waals surface area contributed by atoms with Crippen LogP contribution in [-0.4, -0.2) is 16.0 Å². The Morgan fingerprint density at radius 2 is 2.00 bits per heavy atom. The fourth-order valence-corrected chi connectivity index (χ4v) is 2.14. The number of nitrogens with two attached hydrogens (primary N) is 1. The summed E-state index contributed by atoms with van der Waals surface area (Å²) in [5, 5.41) is 0. The Morgan fingerprint density at radius 1 is 1.24 bits per heavy atom. The fraction of sp³-hybridized carbons (Fsp3) is 0.118. The molecular weight excluding hydrogens is 262 g/mol. The maximum atomic E-state index is 6.17. The normalized spacial score (nSPS) is 10.7. The van der Waals surface area contributed by atoms with E-state index in [1.54, 1.807) is 0 Å². The van der Waals surface area contributed by atoms with Crippen LogP contribution >= 0.6 is 0 Å². The van der Waals surface area contributed by atoms with Gasteiger partial charge in [-0.2, -0.15) is 0 Å². The molecule has 106 valence electrons. The summed E-state index contributed by atoms with van der Waals surface area (Å²) in [5.41, 5.74) is 9.75. The van der Waals surface area contributed by atoms with Crippen molar-refractivity contribution in [2.75, 3.05) is 12.3 Å². The zero-order chi connectivity index (χ0) is 14.8. The van der Waals surface area contributed by atoms with E-state index in [0.29, 0.717) is 12.4 Å². The zero-order valence-corrected chi connectivity index (χ0v) is 11.9. The molecular formula is C17H17N3O. The molecule has 0 aliphatic carbocycles. The van der Waals surface area contributed by atoms with Gasteiger partial charge in [0.2, 0.25) is 0 Å². The highest BCUT2D eigenvalue weighted by atomic mass is 16.5. The van der Waals surface area contributed by atoms with Gasteiger partial charge in [0.1, 0.15) is 29.5 Å². The van der Waals surface area contributed by atoms with Crippen LogP contribution in [0.3, 0.4) is 0 Å². The van der Waals surface area contributed by atoms with Crippen molar-refractivity contribution in [3.05, 3.63) is 60.8 Å². The summed E-state index contributed by atoms with van der Waals surface area (Å²) < 4.78 is 7.47. The molecule has 4 heteroatoms. The average Bonchev–Trinajstić information content (AvgIpc) is 2.83. The SMILES string of the molecule is C=C(C)COc1ccc(-c2nc3ccccn3c2N)cc1. The molecule has 0 saturated heterocycles. The van der Waals surface area contributed by atoms with Gasteiger partial charge in [0.05, 0.1) is 0 Å². The topological polar surface area (TPSA) is 52.5 Å². The van der Waals surface area contributed by atoms with Crippen molar-refractivity contribution in [1.29, 1.82) is 0 Å². The Labute approximate surface area is 123 Å². The minimum atomic E-state index is 0.524. The summed E-state index contributed by atoms with van der Waals surface area (Å²) in [5.74, 6) is 1.45. The Balaban J connectivity index is 1.92. The van der Waals surface area contributed by atoms with E-state index >= 15 is 0 Å². The summed E-state index contributed by atoms with van der Waals surface area (Å²) in [6.45, 7) is 6.28. The van der Waals surface area contributed by atoms with Crippen molar-refractivity contribution in [2.45, 2.75) is 6.92 Å². The van der Waals surface area contributed by atoms with Crippen LogP contribution in [-0.2, 0) is 0 Å². The first-order valence-electron chi connectivity index (χ1n) is 6.75. The Bertz CT molecular complexity index is 787. The van der Waals surface area contributed by atoms with Crippen LogP contribution in [0.5, 0.6) is 5.75 Å². The fourth-order valence-electron chi connectivity index (χ4n) is 2.14. The maximum absolute atomic E-state index is 6.17. The highest BCUT2D eigenvalue weighted by Gasteiger charge is 2.10. The number of hydrogen-bond donors (Lipinski definition) is 1. The standard InChI is InChI=1S/C17H17N3O/c1-12(2)11-21-14-8-6-13(7-9-14)16-17(18)20-10-4-3-5-15(20)19-16/h3-10H,1,11,18H2,2H3. The first-order valence-corrected chi connectivity index (χ1v) is 6.75. The largest absolute Gasteiger partial charge is 0.489 e. The van der Waals surface area contributed by atoms with Crippen LogP contribution in [0.4, 0.5) is 5.82 Å². The number of benzene rings is 1. The van der Waals surface area contributed by atoms with E-state index < -0.39 is 0 Å². The summed E-state index contributed by atoms with van der Waals surface area (Å²) in [6.07, 6.45) is 1.91. The van der Waals surface area contributed by atoms with Gasteiger partial charge in [-0.1, -0.05) is 12.6 Å². The molecule has 0 atom stereocenters. The van der Waals surface area contributed by atoms with Crippen LogP contribution in [0.1, 0.15) is 6.92 Å². The lowest BCUT2D eigenvalue weighted by Gasteiger charge is -2.06. The average molecular weight is 279 g/mol. The van der Waals surface area contributed by atoms with Crippen molar-refractivity contribution >= 4 is 11.5 Å². The van der Waals surface area contributed by atoms with Gasteiger partial charge in [-0.05, 0) is 48.9 Å². The molecule has 0 bridgehead atoms. The molecule has 1 aromatic carbocycles. The quantitative estimate of drug-likeness (QED) is 0.743. The number of aromatic nitrogens is 2. The van der Waals surface area contributed by atoms with Crippen molar-refractivity contribution < 1.29 is 4.74 Å². The molecule has 0 unspecified atom stereocenters. The molecule has 0 spiro atoms. The molecule has 21 heavy (non-hydrogen) atoms. The first kappa shape index (κ1) is 13.2. The van der Waals surface area contributed by atoms with E-state index in [-0.39, 0.29) is 0 Å². The van der Waals surface area contributed by atoms with E-state index in [2.05, 4.69) is 11.6 Å². The summed E-state index contributed by atoms with van der Waals surface area (Å²) in [7, 11) is 0. The molecule has 3 rings (SSSR count). The maximum Gasteiger partial charge on any atom is 0.139 e. The number of nitrogen functional groups attached to an aromatic ring is 1. The monoisotopic (exact) mass is 279 g/mol. The summed E-state index contributed by atoms with van der Waals surface area (Å²) in [6, 6.07) is 13.6. The van der Waals surface area contributed by atoms with E-state index in [4.69, 9.17) is 10.5 Å². The van der Waals surface area contributed by atoms with Crippen molar-refractivity contribution in [2.24, 2.45) is 0 Å². The number of fused-ring (bicyclic) bond motifs is 1. The van der Waals surface area contributed by atoms with Crippen LogP contribution in [0.25, 0.3) is 16.9 Å². The summed E-state index contributed by atoms with van der Waals surface area (Å²) in [4.78, 5) is 4.57. The number of nitrogens with zero attached hydrogens (tertiary/aromatic N) is 2. The van der Waals surface area contributed by atoms with Gasteiger partial charge in [0.25, 0.3) is 0 Å². The highest BCUT2D eigenvalue weighted by molar-refractivity contribution is 5.75.